The number of carbonyl (C=O) groups excluding carboxylic acids is 2. The number of para-hydroxylation sites is 2. The van der Waals surface area contributed by atoms with Crippen molar-refractivity contribution in [3.63, 3.8) is 0 Å². The number of nitrogens with one attached hydrogen (secondary N) is 1. The normalized spacial score (nSPS) is 14.3. The van der Waals surface area contributed by atoms with Crippen molar-refractivity contribution in [3.8, 4) is 5.75 Å². The molecule has 34 heavy (non-hydrogen) atoms. The molecule has 2 heterocycles. The van der Waals surface area contributed by atoms with E-state index < -0.39 is 0 Å². The van der Waals surface area contributed by atoms with E-state index in [2.05, 4.69) is 10.3 Å². The lowest BCUT2D eigenvalue weighted by Gasteiger charge is -2.26. The highest BCUT2D eigenvalue weighted by molar-refractivity contribution is 6.01. The molecule has 0 aliphatic carbocycles. The Balaban J connectivity index is 1.56. The number of ether oxygens (including phenoxy) is 2. The zero-order valence-electron chi connectivity index (χ0n) is 19.1. The van der Waals surface area contributed by atoms with Crippen LogP contribution in [0.3, 0.4) is 0 Å². The summed E-state index contributed by atoms with van der Waals surface area (Å²) in [5.41, 5.74) is 2.09. The van der Waals surface area contributed by atoms with Gasteiger partial charge in [-0.1, -0.05) is 42.5 Å². The third kappa shape index (κ3) is 5.90. The Morgan fingerprint density at radius 1 is 1.03 bits per heavy atom. The minimum Gasteiger partial charge on any atom is -0.489 e. The maximum Gasteiger partial charge on any atom is 0.258 e. The first kappa shape index (κ1) is 23.3. The molecule has 2 amide bonds. The molecule has 0 atom stereocenters. The van der Waals surface area contributed by atoms with Crippen molar-refractivity contribution in [2.24, 2.45) is 0 Å². The van der Waals surface area contributed by atoms with Crippen LogP contribution in [0.4, 0.5) is 11.5 Å². The average Bonchev–Trinajstić information content (AvgIpc) is 2.87. The third-order valence-electron chi connectivity index (χ3n) is 5.47. The lowest BCUT2D eigenvalue weighted by atomic mass is 10.2. The number of nitrogens with zero attached hydrogens (tertiary/aromatic N) is 3. The van der Waals surface area contributed by atoms with Gasteiger partial charge in [0.1, 0.15) is 24.7 Å². The zero-order chi connectivity index (χ0) is 23.8. The summed E-state index contributed by atoms with van der Waals surface area (Å²) in [5, 5.41) is 3.22. The molecule has 8 nitrogen and oxygen atoms in total. The van der Waals surface area contributed by atoms with E-state index in [-0.39, 0.29) is 31.5 Å². The number of likely N-dealkylation sites (N-methyl/N-ethyl adjacent to an activating group) is 1. The molecule has 0 unspecified atom stereocenters. The van der Waals surface area contributed by atoms with Crippen LogP contribution in [0.1, 0.15) is 15.9 Å². The highest BCUT2D eigenvalue weighted by atomic mass is 16.5. The van der Waals surface area contributed by atoms with Gasteiger partial charge < -0.3 is 24.6 Å². The van der Waals surface area contributed by atoms with Crippen molar-refractivity contribution in [1.82, 2.24) is 14.8 Å². The van der Waals surface area contributed by atoms with Crippen LogP contribution in [0.5, 0.6) is 5.75 Å². The molecule has 4 rings (SSSR count). The molecule has 3 aromatic rings. The molecule has 0 fully saturated rings. The van der Waals surface area contributed by atoms with Crippen LogP contribution < -0.4 is 10.1 Å². The first-order valence-corrected chi connectivity index (χ1v) is 11.2. The van der Waals surface area contributed by atoms with Crippen LogP contribution in [-0.4, -0.2) is 66.6 Å². The van der Waals surface area contributed by atoms with Gasteiger partial charge in [0.15, 0.2) is 0 Å². The Morgan fingerprint density at radius 3 is 2.68 bits per heavy atom. The van der Waals surface area contributed by atoms with E-state index in [1.807, 2.05) is 54.6 Å². The second-order valence-corrected chi connectivity index (χ2v) is 7.94. The topological polar surface area (TPSA) is 84.0 Å². The van der Waals surface area contributed by atoms with E-state index in [4.69, 9.17) is 9.47 Å². The molecule has 0 bridgehead atoms. The van der Waals surface area contributed by atoms with E-state index in [9.17, 15) is 9.59 Å². The molecule has 2 aromatic carbocycles. The molecule has 0 saturated carbocycles. The minimum atomic E-state index is -0.293. The number of hydrogen-bond donors (Lipinski definition) is 1. The molecular weight excluding hydrogens is 432 g/mol. The zero-order valence-corrected chi connectivity index (χ0v) is 19.1. The second-order valence-electron chi connectivity index (χ2n) is 7.94. The van der Waals surface area contributed by atoms with Crippen LogP contribution in [0, 0.1) is 0 Å². The summed E-state index contributed by atoms with van der Waals surface area (Å²) in [4.78, 5) is 34.1. The van der Waals surface area contributed by atoms with E-state index in [1.165, 1.54) is 4.90 Å². The molecule has 0 spiro atoms. The molecule has 8 heteroatoms. The summed E-state index contributed by atoms with van der Waals surface area (Å²) in [6.45, 7) is 1.68. The van der Waals surface area contributed by atoms with Crippen LogP contribution in [0.15, 0.2) is 72.9 Å². The average molecular weight is 461 g/mol. The summed E-state index contributed by atoms with van der Waals surface area (Å²) >= 11 is 0. The second kappa shape index (κ2) is 11.3. The number of fused-ring (bicyclic) bond motifs is 2. The van der Waals surface area contributed by atoms with E-state index in [0.717, 1.165) is 5.56 Å². The van der Waals surface area contributed by atoms with Gasteiger partial charge in [0.05, 0.1) is 24.5 Å². The lowest BCUT2D eigenvalue weighted by molar-refractivity contribution is -0.131. The first-order valence-electron chi connectivity index (χ1n) is 11.2. The van der Waals surface area contributed by atoms with Gasteiger partial charge in [-0.15, -0.1) is 0 Å². The standard InChI is InChI=1S/C26H28N4O4/c1-29(18-20-8-3-2-4-9-20)24(31)19-30-14-15-33-16-17-34-23-12-6-5-11-22(23)28-25-21(26(30)32)10-7-13-27-25/h2-13H,14-19H2,1H3,(H,27,28). The largest absolute Gasteiger partial charge is 0.489 e. The fraction of sp³-hybridized carbons (Fsp3) is 0.269. The van der Waals surface area contributed by atoms with Gasteiger partial charge in [0.2, 0.25) is 5.91 Å². The Hall–Kier alpha value is -3.91. The number of carbonyl (C=O) groups is 2. The van der Waals surface area contributed by atoms with Gasteiger partial charge in [-0.25, -0.2) is 4.98 Å². The summed E-state index contributed by atoms with van der Waals surface area (Å²) < 4.78 is 11.5. The predicted octanol–water partition coefficient (Wildman–Crippen LogP) is 3.34. The van der Waals surface area contributed by atoms with Crippen LogP contribution in [0.2, 0.25) is 0 Å². The highest BCUT2D eigenvalue weighted by Gasteiger charge is 2.24. The molecule has 1 aliphatic rings. The Bertz CT molecular complexity index is 1120. The highest BCUT2D eigenvalue weighted by Crippen LogP contribution is 2.28. The van der Waals surface area contributed by atoms with Gasteiger partial charge in [-0.2, -0.15) is 0 Å². The van der Waals surface area contributed by atoms with Crippen molar-refractivity contribution in [1.29, 1.82) is 0 Å². The monoisotopic (exact) mass is 460 g/mol. The van der Waals surface area contributed by atoms with E-state index in [0.29, 0.717) is 42.6 Å². The van der Waals surface area contributed by atoms with Crippen molar-refractivity contribution in [2.75, 3.05) is 45.3 Å². The van der Waals surface area contributed by atoms with Crippen LogP contribution in [0.25, 0.3) is 0 Å². The lowest BCUT2D eigenvalue weighted by Crippen LogP contribution is -2.43. The van der Waals surface area contributed by atoms with Gasteiger partial charge in [-0.3, -0.25) is 9.59 Å². The quantitative estimate of drug-likeness (QED) is 0.643. The van der Waals surface area contributed by atoms with Gasteiger partial charge in [-0.05, 0) is 29.8 Å². The van der Waals surface area contributed by atoms with Crippen molar-refractivity contribution < 1.29 is 19.1 Å². The molecule has 0 saturated heterocycles. The van der Waals surface area contributed by atoms with Crippen molar-refractivity contribution in [3.05, 3.63) is 84.1 Å². The molecular formula is C26H28N4O4. The van der Waals surface area contributed by atoms with Crippen LogP contribution in [-0.2, 0) is 16.1 Å². The number of hydrogen-bond acceptors (Lipinski definition) is 6. The summed E-state index contributed by atoms with van der Waals surface area (Å²) in [6, 6.07) is 20.6. The smallest absolute Gasteiger partial charge is 0.258 e. The molecule has 1 N–H and O–H groups in total. The van der Waals surface area contributed by atoms with E-state index in [1.54, 1.807) is 30.3 Å². The Kier molecular flexibility index (Phi) is 7.72. The maximum absolute atomic E-state index is 13.6. The summed E-state index contributed by atoms with van der Waals surface area (Å²) in [6.07, 6.45) is 1.62. The van der Waals surface area contributed by atoms with Crippen LogP contribution >= 0.6 is 0 Å². The predicted molar refractivity (Wildman–Crippen MR) is 129 cm³/mol. The third-order valence-corrected chi connectivity index (χ3v) is 5.47. The van der Waals surface area contributed by atoms with Gasteiger partial charge in [0.25, 0.3) is 5.91 Å². The maximum atomic E-state index is 13.6. The first-order chi connectivity index (χ1) is 16.6. The minimum absolute atomic E-state index is 0.0626. The number of aromatic nitrogens is 1. The summed E-state index contributed by atoms with van der Waals surface area (Å²) in [5.74, 6) is 0.592. The fourth-order valence-corrected chi connectivity index (χ4v) is 3.64. The van der Waals surface area contributed by atoms with Gasteiger partial charge >= 0.3 is 0 Å². The molecule has 1 aliphatic heterocycles. The Morgan fingerprint density at radius 2 is 1.82 bits per heavy atom. The number of rotatable bonds is 4. The number of amides is 2. The van der Waals surface area contributed by atoms with E-state index >= 15 is 0 Å². The molecule has 176 valence electrons. The number of pyridine rings is 1. The fourth-order valence-electron chi connectivity index (χ4n) is 3.64. The number of benzene rings is 2. The molecule has 0 radical (unpaired) electrons. The van der Waals surface area contributed by atoms with Crippen molar-refractivity contribution >= 4 is 23.3 Å². The summed E-state index contributed by atoms with van der Waals surface area (Å²) in [7, 11) is 1.74. The SMILES string of the molecule is CN(Cc1ccccc1)C(=O)CN1CCOCCOc2ccccc2Nc2ncccc2C1=O. The molecule has 1 aromatic heterocycles. The van der Waals surface area contributed by atoms with Gasteiger partial charge in [0, 0.05) is 26.3 Å². The van der Waals surface area contributed by atoms with Crippen molar-refractivity contribution in [2.45, 2.75) is 6.54 Å². The Labute approximate surface area is 199 Å². The number of anilines is 2.